The molecule has 0 fully saturated rings. The normalized spacial score (nSPS) is 18.2. The number of pyridine rings is 2. The number of aromatic amines is 1. The Morgan fingerprint density at radius 2 is 2.00 bits per heavy atom. The molecule has 8 heteroatoms. The van der Waals surface area contributed by atoms with E-state index in [1.54, 1.807) is 31.3 Å². The third-order valence-electron chi connectivity index (χ3n) is 4.14. The first kappa shape index (κ1) is 16.3. The van der Waals surface area contributed by atoms with Crippen molar-refractivity contribution < 1.29 is 17.9 Å². The Morgan fingerprint density at radius 3 is 2.69 bits per heavy atom. The molecule has 1 aliphatic heterocycles. The summed E-state index contributed by atoms with van der Waals surface area (Å²) < 4.78 is 45.4. The molecule has 26 heavy (non-hydrogen) atoms. The maximum Gasteiger partial charge on any atom is 0.418 e. The second-order valence-corrected chi connectivity index (χ2v) is 5.83. The van der Waals surface area contributed by atoms with Crippen molar-refractivity contribution in [1.29, 1.82) is 0 Å². The second kappa shape index (κ2) is 5.69. The van der Waals surface area contributed by atoms with Gasteiger partial charge >= 0.3 is 6.18 Å². The molecule has 2 aromatic heterocycles. The molecule has 5 nitrogen and oxygen atoms in total. The summed E-state index contributed by atoms with van der Waals surface area (Å²) in [6, 6.07) is 8.58. The molecule has 1 aromatic carbocycles. The predicted molar refractivity (Wildman–Crippen MR) is 89.5 cm³/mol. The molecule has 3 heterocycles. The Bertz CT molecular complexity index is 1090. The largest absolute Gasteiger partial charge is 0.468 e. The van der Waals surface area contributed by atoms with Gasteiger partial charge in [0.2, 0.25) is 11.3 Å². The van der Waals surface area contributed by atoms with Gasteiger partial charge in [-0.05, 0) is 31.2 Å². The Kier molecular flexibility index (Phi) is 3.57. The molecule has 0 amide bonds. The fraction of sp³-hybridized carbons (Fsp3) is 0.167. The molecule has 4 rings (SSSR count). The number of alkyl halides is 3. The first-order valence-corrected chi connectivity index (χ1v) is 7.79. The van der Waals surface area contributed by atoms with Crippen LogP contribution in [0.1, 0.15) is 29.8 Å². The maximum absolute atomic E-state index is 13.3. The third kappa shape index (κ3) is 2.54. The van der Waals surface area contributed by atoms with Gasteiger partial charge in [-0.15, -0.1) is 0 Å². The number of ether oxygens (including phenoxy) is 1. The van der Waals surface area contributed by atoms with Gasteiger partial charge in [0.05, 0.1) is 16.8 Å². The minimum absolute atomic E-state index is 0.0479. The quantitative estimate of drug-likeness (QED) is 0.711. The minimum atomic E-state index is -4.58. The van der Waals surface area contributed by atoms with Crippen LogP contribution in [-0.4, -0.2) is 15.9 Å². The van der Waals surface area contributed by atoms with Gasteiger partial charge < -0.3 is 9.72 Å². The second-order valence-electron chi connectivity index (χ2n) is 5.83. The van der Waals surface area contributed by atoms with Crippen molar-refractivity contribution in [2.24, 2.45) is 4.99 Å². The highest BCUT2D eigenvalue weighted by molar-refractivity contribution is 6.02. The minimum Gasteiger partial charge on any atom is -0.468 e. The molecule has 0 aliphatic carbocycles. The van der Waals surface area contributed by atoms with Gasteiger partial charge in [-0.1, -0.05) is 12.1 Å². The van der Waals surface area contributed by atoms with Gasteiger partial charge in [-0.3, -0.25) is 4.79 Å². The van der Waals surface area contributed by atoms with Crippen LogP contribution in [0.15, 0.2) is 52.4 Å². The summed E-state index contributed by atoms with van der Waals surface area (Å²) in [5.41, 5.74) is -1.29. The van der Waals surface area contributed by atoms with Crippen LogP contribution in [0.2, 0.25) is 0 Å². The number of aliphatic imine (C=N–C) groups is 1. The zero-order chi connectivity index (χ0) is 18.5. The molecule has 1 aliphatic rings. The molecule has 3 aromatic rings. The van der Waals surface area contributed by atoms with Crippen LogP contribution in [0.25, 0.3) is 10.9 Å². The predicted octanol–water partition coefficient (Wildman–Crippen LogP) is 4.11. The van der Waals surface area contributed by atoms with Gasteiger partial charge in [0.1, 0.15) is 11.7 Å². The van der Waals surface area contributed by atoms with Crippen molar-refractivity contribution in [2.45, 2.75) is 19.2 Å². The fourth-order valence-corrected chi connectivity index (χ4v) is 2.98. The number of para-hydroxylation sites is 1. The number of halogens is 3. The molecule has 1 N–H and O–H groups in total. The van der Waals surface area contributed by atoms with Crippen LogP contribution >= 0.6 is 0 Å². The van der Waals surface area contributed by atoms with Crippen LogP contribution < -0.4 is 5.43 Å². The standard InChI is InChI=1S/C18H12F3N3O2/c1-9-14-13(17(26-9)23-12-7-2-3-8-22-12)16(25)10-5-4-6-11(15(10)24-14)18(19,20)21/h2-9H,1H3,(H,24,25). The molecule has 1 unspecified atom stereocenters. The molecule has 1 atom stereocenters. The van der Waals surface area contributed by atoms with E-state index in [0.717, 1.165) is 6.07 Å². The summed E-state index contributed by atoms with van der Waals surface area (Å²) in [5, 5.41) is -0.0648. The Labute approximate surface area is 145 Å². The molecule has 132 valence electrons. The van der Waals surface area contributed by atoms with E-state index in [0.29, 0.717) is 5.82 Å². The lowest BCUT2D eigenvalue weighted by Gasteiger charge is -2.11. The number of hydrogen-bond donors (Lipinski definition) is 1. The third-order valence-corrected chi connectivity index (χ3v) is 4.14. The molecule has 0 bridgehead atoms. The van der Waals surface area contributed by atoms with Gasteiger partial charge in [0.25, 0.3) is 0 Å². The van der Waals surface area contributed by atoms with E-state index in [4.69, 9.17) is 4.74 Å². The van der Waals surface area contributed by atoms with Crippen molar-refractivity contribution >= 4 is 22.6 Å². The lowest BCUT2D eigenvalue weighted by molar-refractivity contribution is -0.136. The van der Waals surface area contributed by atoms with Crippen molar-refractivity contribution in [3.63, 3.8) is 0 Å². The van der Waals surface area contributed by atoms with Crippen LogP contribution in [0.4, 0.5) is 19.0 Å². The summed E-state index contributed by atoms with van der Waals surface area (Å²) in [7, 11) is 0. The molecule has 0 spiro atoms. The van der Waals surface area contributed by atoms with Crippen molar-refractivity contribution in [2.75, 3.05) is 0 Å². The number of aromatic nitrogens is 2. The van der Waals surface area contributed by atoms with E-state index in [1.807, 2.05) is 0 Å². The number of nitrogens with zero attached hydrogens (tertiary/aromatic N) is 2. The fourth-order valence-electron chi connectivity index (χ4n) is 2.98. The summed E-state index contributed by atoms with van der Waals surface area (Å²) in [6.45, 7) is 1.64. The molecular formula is C18H12F3N3O2. The summed E-state index contributed by atoms with van der Waals surface area (Å²) >= 11 is 0. The van der Waals surface area contributed by atoms with Gasteiger partial charge in [-0.25, -0.2) is 4.98 Å². The van der Waals surface area contributed by atoms with Crippen LogP contribution in [0.5, 0.6) is 0 Å². The highest BCUT2D eigenvalue weighted by Crippen LogP contribution is 2.36. The van der Waals surface area contributed by atoms with Gasteiger partial charge in [0, 0.05) is 11.6 Å². The highest BCUT2D eigenvalue weighted by atomic mass is 19.4. The number of hydrogen-bond acceptors (Lipinski definition) is 4. The van der Waals surface area contributed by atoms with E-state index < -0.39 is 23.3 Å². The van der Waals surface area contributed by atoms with E-state index in [1.165, 1.54) is 12.1 Å². The number of fused-ring (bicyclic) bond motifs is 2. The van der Waals surface area contributed by atoms with Gasteiger partial charge in [-0.2, -0.15) is 18.2 Å². The summed E-state index contributed by atoms with van der Waals surface area (Å²) in [5.74, 6) is 0.387. The Balaban J connectivity index is 2.00. The van der Waals surface area contributed by atoms with Crippen LogP contribution in [-0.2, 0) is 10.9 Å². The Hall–Kier alpha value is -3.16. The SMILES string of the molecule is CC1OC(=Nc2ccccn2)c2c1[nH]c1c(C(F)(F)F)cccc1c2=O. The first-order valence-electron chi connectivity index (χ1n) is 7.79. The topological polar surface area (TPSA) is 67.3 Å². The van der Waals surface area contributed by atoms with Crippen molar-refractivity contribution in [1.82, 2.24) is 9.97 Å². The number of nitrogens with one attached hydrogen (secondary N) is 1. The molecule has 0 radical (unpaired) electrons. The van der Waals surface area contributed by atoms with Gasteiger partial charge in [0.15, 0.2) is 5.82 Å². The van der Waals surface area contributed by atoms with Crippen LogP contribution in [0, 0.1) is 0 Å². The average molecular weight is 359 g/mol. The first-order chi connectivity index (χ1) is 12.4. The molecule has 0 saturated carbocycles. The van der Waals surface area contributed by atoms with Crippen molar-refractivity contribution in [3.05, 3.63) is 69.6 Å². The maximum atomic E-state index is 13.3. The number of H-pyrrole nitrogens is 1. The smallest absolute Gasteiger partial charge is 0.418 e. The molecular weight excluding hydrogens is 347 g/mol. The van der Waals surface area contributed by atoms with E-state index >= 15 is 0 Å². The van der Waals surface area contributed by atoms with Crippen molar-refractivity contribution in [3.8, 4) is 0 Å². The monoisotopic (exact) mass is 359 g/mol. The number of benzene rings is 1. The lowest BCUT2D eigenvalue weighted by atomic mass is 10.0. The van der Waals surface area contributed by atoms with Crippen LogP contribution in [0.3, 0.4) is 0 Å². The average Bonchev–Trinajstić information content (AvgIpc) is 2.90. The zero-order valence-corrected chi connectivity index (χ0v) is 13.5. The summed E-state index contributed by atoms with van der Waals surface area (Å²) in [4.78, 5) is 23.9. The van der Waals surface area contributed by atoms with E-state index in [9.17, 15) is 18.0 Å². The van der Waals surface area contributed by atoms with E-state index in [-0.39, 0.29) is 28.1 Å². The summed E-state index contributed by atoms with van der Waals surface area (Å²) in [6.07, 6.45) is -3.67. The lowest BCUT2D eigenvalue weighted by Crippen LogP contribution is -2.17. The molecule has 0 saturated heterocycles. The number of rotatable bonds is 1. The highest BCUT2D eigenvalue weighted by Gasteiger charge is 2.36. The Morgan fingerprint density at radius 1 is 1.19 bits per heavy atom. The van der Waals surface area contributed by atoms with E-state index in [2.05, 4.69) is 15.0 Å². The zero-order valence-electron chi connectivity index (χ0n) is 13.5.